The summed E-state index contributed by atoms with van der Waals surface area (Å²) in [5.74, 6) is 0. The van der Waals surface area contributed by atoms with E-state index in [1.54, 1.807) is 24.4 Å². The van der Waals surface area contributed by atoms with Gasteiger partial charge in [-0.25, -0.2) is 4.98 Å². The second-order valence-electron chi connectivity index (χ2n) is 4.51. The lowest BCUT2D eigenvalue weighted by molar-refractivity contribution is -0.384. The Balaban J connectivity index is 1.77. The summed E-state index contributed by atoms with van der Waals surface area (Å²) in [4.78, 5) is 14.7. The Labute approximate surface area is 125 Å². The Kier molecular flexibility index (Phi) is 3.45. The quantitative estimate of drug-likeness (QED) is 0.591. The van der Waals surface area contributed by atoms with E-state index in [1.807, 2.05) is 16.7 Å². The summed E-state index contributed by atoms with van der Waals surface area (Å²) < 4.78 is 1.84. The Bertz CT molecular complexity index is 816. The first-order valence-corrected chi connectivity index (χ1v) is 6.61. The zero-order valence-electron chi connectivity index (χ0n) is 10.9. The van der Waals surface area contributed by atoms with E-state index in [9.17, 15) is 10.1 Å². The molecule has 1 aromatic carbocycles. The maximum atomic E-state index is 10.7. The lowest BCUT2D eigenvalue weighted by atomic mass is 10.3. The molecular formula is C14H11ClN4O2. The van der Waals surface area contributed by atoms with Gasteiger partial charge >= 0.3 is 0 Å². The summed E-state index contributed by atoms with van der Waals surface area (Å²) >= 11 is 5.92. The molecular weight excluding hydrogens is 292 g/mol. The lowest BCUT2D eigenvalue weighted by Gasteiger charge is -2.03. The van der Waals surface area contributed by atoms with Crippen LogP contribution in [0.5, 0.6) is 0 Å². The van der Waals surface area contributed by atoms with Crippen molar-refractivity contribution in [2.45, 2.75) is 6.54 Å². The molecule has 7 heteroatoms. The molecule has 0 amide bonds. The second kappa shape index (κ2) is 5.41. The first kappa shape index (κ1) is 13.4. The number of nitrogens with one attached hydrogen (secondary N) is 1. The van der Waals surface area contributed by atoms with Gasteiger partial charge in [0.2, 0.25) is 0 Å². The van der Waals surface area contributed by atoms with Gasteiger partial charge in [0.15, 0.2) is 0 Å². The molecule has 0 bridgehead atoms. The van der Waals surface area contributed by atoms with E-state index in [0.717, 1.165) is 11.3 Å². The van der Waals surface area contributed by atoms with Crippen LogP contribution in [0.3, 0.4) is 0 Å². The summed E-state index contributed by atoms with van der Waals surface area (Å²) in [6, 6.07) is 9.98. The van der Waals surface area contributed by atoms with Gasteiger partial charge in [-0.1, -0.05) is 17.7 Å². The number of imidazole rings is 1. The summed E-state index contributed by atoms with van der Waals surface area (Å²) in [5.41, 5.74) is 2.36. The van der Waals surface area contributed by atoms with Crippen LogP contribution in [0, 0.1) is 10.1 Å². The third-order valence-electron chi connectivity index (χ3n) is 3.00. The molecule has 2 aromatic heterocycles. The van der Waals surface area contributed by atoms with E-state index in [2.05, 4.69) is 10.3 Å². The first-order chi connectivity index (χ1) is 10.1. The van der Waals surface area contributed by atoms with Crippen molar-refractivity contribution >= 4 is 28.6 Å². The van der Waals surface area contributed by atoms with Crippen LogP contribution in [0.2, 0.25) is 5.02 Å². The standard InChI is InChI=1S/C14H11ClN4O2/c15-10-4-5-14-17-12(9-18(14)8-10)7-16-11-2-1-3-13(6-11)19(20)21/h1-6,8-9,16H,7H2. The van der Waals surface area contributed by atoms with Crippen LogP contribution >= 0.6 is 11.6 Å². The predicted octanol–water partition coefficient (Wildman–Crippen LogP) is 3.51. The number of fused-ring (bicyclic) bond motifs is 1. The predicted molar refractivity (Wildman–Crippen MR) is 80.6 cm³/mol. The van der Waals surface area contributed by atoms with Crippen LogP contribution in [-0.2, 0) is 6.54 Å². The van der Waals surface area contributed by atoms with E-state index in [1.165, 1.54) is 12.1 Å². The molecule has 106 valence electrons. The number of anilines is 1. The van der Waals surface area contributed by atoms with Gasteiger partial charge in [0.05, 0.1) is 22.2 Å². The third kappa shape index (κ3) is 2.95. The average molecular weight is 303 g/mol. The smallest absolute Gasteiger partial charge is 0.271 e. The first-order valence-electron chi connectivity index (χ1n) is 6.23. The number of nitrogens with zero attached hydrogens (tertiary/aromatic N) is 3. The minimum atomic E-state index is -0.419. The monoisotopic (exact) mass is 302 g/mol. The molecule has 2 heterocycles. The highest BCUT2D eigenvalue weighted by atomic mass is 35.5. The Hall–Kier alpha value is -2.60. The number of rotatable bonds is 4. The maximum absolute atomic E-state index is 10.7. The molecule has 0 fully saturated rings. The van der Waals surface area contributed by atoms with Crippen molar-refractivity contribution in [2.75, 3.05) is 5.32 Å². The largest absolute Gasteiger partial charge is 0.379 e. The van der Waals surface area contributed by atoms with Crippen molar-refractivity contribution in [1.29, 1.82) is 0 Å². The number of pyridine rings is 1. The van der Waals surface area contributed by atoms with E-state index in [0.29, 0.717) is 17.3 Å². The zero-order valence-corrected chi connectivity index (χ0v) is 11.6. The third-order valence-corrected chi connectivity index (χ3v) is 3.22. The highest BCUT2D eigenvalue weighted by Gasteiger charge is 2.06. The van der Waals surface area contributed by atoms with Crippen LogP contribution in [0.25, 0.3) is 5.65 Å². The van der Waals surface area contributed by atoms with Gasteiger partial charge in [-0.3, -0.25) is 10.1 Å². The van der Waals surface area contributed by atoms with Crippen LogP contribution in [-0.4, -0.2) is 14.3 Å². The molecule has 0 radical (unpaired) electrons. The molecule has 0 unspecified atom stereocenters. The molecule has 0 aliphatic heterocycles. The lowest BCUT2D eigenvalue weighted by Crippen LogP contribution is -2.00. The molecule has 6 nitrogen and oxygen atoms in total. The van der Waals surface area contributed by atoms with E-state index in [4.69, 9.17) is 11.6 Å². The van der Waals surface area contributed by atoms with E-state index in [-0.39, 0.29) is 5.69 Å². The summed E-state index contributed by atoms with van der Waals surface area (Å²) in [7, 11) is 0. The number of non-ortho nitro benzene ring substituents is 1. The highest BCUT2D eigenvalue weighted by molar-refractivity contribution is 6.30. The van der Waals surface area contributed by atoms with E-state index < -0.39 is 4.92 Å². The maximum Gasteiger partial charge on any atom is 0.271 e. The second-order valence-corrected chi connectivity index (χ2v) is 4.94. The van der Waals surface area contributed by atoms with Crippen molar-refractivity contribution in [1.82, 2.24) is 9.38 Å². The molecule has 0 spiro atoms. The van der Waals surface area contributed by atoms with Gasteiger partial charge < -0.3 is 9.72 Å². The van der Waals surface area contributed by atoms with Crippen LogP contribution < -0.4 is 5.32 Å². The molecule has 3 aromatic rings. The SMILES string of the molecule is O=[N+]([O-])c1cccc(NCc2cn3cc(Cl)ccc3n2)c1. The number of nitro benzene ring substituents is 1. The van der Waals surface area contributed by atoms with Gasteiger partial charge in [0.1, 0.15) is 5.65 Å². The molecule has 0 saturated carbocycles. The van der Waals surface area contributed by atoms with Gasteiger partial charge in [0, 0.05) is 30.2 Å². The van der Waals surface area contributed by atoms with Crippen LogP contribution in [0.15, 0.2) is 48.8 Å². The van der Waals surface area contributed by atoms with Crippen molar-refractivity contribution in [3.05, 3.63) is 69.6 Å². The van der Waals surface area contributed by atoms with Gasteiger partial charge in [0.25, 0.3) is 5.69 Å². The van der Waals surface area contributed by atoms with Crippen molar-refractivity contribution in [3.63, 3.8) is 0 Å². The summed E-state index contributed by atoms with van der Waals surface area (Å²) in [5, 5.41) is 14.5. The Morgan fingerprint density at radius 2 is 2.14 bits per heavy atom. The van der Waals surface area contributed by atoms with Gasteiger partial charge in [-0.05, 0) is 18.2 Å². The fraction of sp³-hybridized carbons (Fsp3) is 0.0714. The molecule has 0 saturated heterocycles. The molecule has 21 heavy (non-hydrogen) atoms. The number of aromatic nitrogens is 2. The number of hydrogen-bond acceptors (Lipinski definition) is 4. The highest BCUT2D eigenvalue weighted by Crippen LogP contribution is 2.18. The molecule has 1 N–H and O–H groups in total. The minimum Gasteiger partial charge on any atom is -0.379 e. The number of nitro groups is 1. The number of hydrogen-bond donors (Lipinski definition) is 1. The van der Waals surface area contributed by atoms with Crippen molar-refractivity contribution in [3.8, 4) is 0 Å². The molecule has 0 aliphatic carbocycles. The number of benzene rings is 1. The summed E-state index contributed by atoms with van der Waals surface area (Å²) in [6.45, 7) is 0.473. The molecule has 3 rings (SSSR count). The van der Waals surface area contributed by atoms with Crippen molar-refractivity contribution in [2.24, 2.45) is 0 Å². The topological polar surface area (TPSA) is 72.5 Å². The van der Waals surface area contributed by atoms with E-state index >= 15 is 0 Å². The Morgan fingerprint density at radius 1 is 1.29 bits per heavy atom. The van der Waals surface area contributed by atoms with Crippen LogP contribution in [0.1, 0.15) is 5.69 Å². The van der Waals surface area contributed by atoms with Gasteiger partial charge in [-0.15, -0.1) is 0 Å². The minimum absolute atomic E-state index is 0.0572. The van der Waals surface area contributed by atoms with Crippen LogP contribution in [0.4, 0.5) is 11.4 Å². The molecule has 0 aliphatic rings. The number of halogens is 1. The zero-order chi connectivity index (χ0) is 14.8. The van der Waals surface area contributed by atoms with Crippen molar-refractivity contribution < 1.29 is 4.92 Å². The fourth-order valence-electron chi connectivity index (χ4n) is 2.02. The Morgan fingerprint density at radius 3 is 2.95 bits per heavy atom. The summed E-state index contributed by atoms with van der Waals surface area (Å²) in [6.07, 6.45) is 3.65. The molecule has 0 atom stereocenters. The van der Waals surface area contributed by atoms with Gasteiger partial charge in [-0.2, -0.15) is 0 Å². The average Bonchev–Trinajstić information content (AvgIpc) is 2.87. The normalized spacial score (nSPS) is 10.7. The fourth-order valence-corrected chi connectivity index (χ4v) is 2.19.